The molecule has 3 unspecified atom stereocenters. The Labute approximate surface area is 109 Å². The van der Waals surface area contributed by atoms with E-state index in [9.17, 15) is 4.79 Å². The number of ether oxygens (including phenoxy) is 1. The van der Waals surface area contributed by atoms with Gasteiger partial charge in [0.2, 0.25) is 0 Å². The van der Waals surface area contributed by atoms with Crippen LogP contribution in [-0.4, -0.2) is 29.6 Å². The molecule has 0 radical (unpaired) electrons. The summed E-state index contributed by atoms with van der Waals surface area (Å²) < 4.78 is 4.94. The molecular weight excluding hydrogens is 234 g/mol. The molecular formula is C13H25NO2S. The van der Waals surface area contributed by atoms with Crippen LogP contribution in [0.3, 0.4) is 0 Å². The van der Waals surface area contributed by atoms with Crippen molar-refractivity contribution in [2.75, 3.05) is 12.4 Å². The second-order valence-corrected chi connectivity index (χ2v) is 6.01. The summed E-state index contributed by atoms with van der Waals surface area (Å²) in [5.41, 5.74) is 6.12. The molecule has 1 saturated carbocycles. The first-order valence-corrected chi connectivity index (χ1v) is 7.75. The van der Waals surface area contributed by atoms with E-state index in [0.29, 0.717) is 17.6 Å². The summed E-state index contributed by atoms with van der Waals surface area (Å²) in [7, 11) is 0. The second kappa shape index (κ2) is 7.98. The smallest absolute Gasteiger partial charge is 0.315 e. The van der Waals surface area contributed by atoms with Gasteiger partial charge < -0.3 is 10.5 Å². The SMILES string of the molecule is CCCC1CCC(N)C(SCC(=O)OCC)C1. The zero-order valence-corrected chi connectivity index (χ0v) is 11.8. The van der Waals surface area contributed by atoms with Crippen molar-refractivity contribution >= 4 is 17.7 Å². The van der Waals surface area contributed by atoms with Crippen LogP contribution in [0.1, 0.15) is 46.0 Å². The van der Waals surface area contributed by atoms with Gasteiger partial charge in [-0.25, -0.2) is 0 Å². The van der Waals surface area contributed by atoms with Crippen molar-refractivity contribution in [3.05, 3.63) is 0 Å². The van der Waals surface area contributed by atoms with E-state index in [-0.39, 0.29) is 12.0 Å². The van der Waals surface area contributed by atoms with E-state index in [0.717, 1.165) is 12.3 Å². The highest BCUT2D eigenvalue weighted by atomic mass is 32.2. The van der Waals surface area contributed by atoms with Crippen LogP contribution < -0.4 is 5.73 Å². The van der Waals surface area contributed by atoms with Crippen LogP contribution in [0.25, 0.3) is 0 Å². The third-order valence-corrected chi connectivity index (χ3v) is 4.74. The van der Waals surface area contributed by atoms with Gasteiger partial charge in [-0.15, -0.1) is 11.8 Å². The maximum atomic E-state index is 11.3. The normalized spacial score (nSPS) is 29.0. The number of nitrogens with two attached hydrogens (primary N) is 1. The van der Waals surface area contributed by atoms with E-state index >= 15 is 0 Å². The first-order chi connectivity index (χ1) is 8.17. The molecule has 0 aromatic heterocycles. The highest BCUT2D eigenvalue weighted by molar-refractivity contribution is 8.00. The fourth-order valence-electron chi connectivity index (χ4n) is 2.48. The summed E-state index contributed by atoms with van der Waals surface area (Å²) >= 11 is 1.68. The number of hydrogen-bond donors (Lipinski definition) is 1. The van der Waals surface area contributed by atoms with Crippen molar-refractivity contribution in [3.8, 4) is 0 Å². The number of hydrogen-bond acceptors (Lipinski definition) is 4. The minimum absolute atomic E-state index is 0.109. The third kappa shape index (κ3) is 5.30. The Morgan fingerprint density at radius 1 is 1.41 bits per heavy atom. The summed E-state index contributed by atoms with van der Waals surface area (Å²) in [4.78, 5) is 11.3. The molecule has 2 N–H and O–H groups in total. The largest absolute Gasteiger partial charge is 0.465 e. The molecule has 1 aliphatic rings. The Balaban J connectivity index is 2.31. The average Bonchev–Trinajstić information content (AvgIpc) is 2.30. The molecule has 4 heteroatoms. The van der Waals surface area contributed by atoms with Crippen LogP contribution in [0.15, 0.2) is 0 Å². The number of thioether (sulfide) groups is 1. The van der Waals surface area contributed by atoms with Crippen molar-refractivity contribution < 1.29 is 9.53 Å². The zero-order chi connectivity index (χ0) is 12.7. The fraction of sp³-hybridized carbons (Fsp3) is 0.923. The number of esters is 1. The molecule has 100 valence electrons. The Hall–Kier alpha value is -0.220. The molecule has 1 rings (SSSR count). The van der Waals surface area contributed by atoms with Gasteiger partial charge in [-0.2, -0.15) is 0 Å². The van der Waals surface area contributed by atoms with E-state index in [2.05, 4.69) is 6.92 Å². The lowest BCUT2D eigenvalue weighted by Crippen LogP contribution is -2.39. The maximum Gasteiger partial charge on any atom is 0.315 e. The van der Waals surface area contributed by atoms with E-state index in [4.69, 9.17) is 10.5 Å². The first kappa shape index (κ1) is 14.8. The van der Waals surface area contributed by atoms with Crippen LogP contribution in [0.4, 0.5) is 0 Å². The fourth-order valence-corrected chi connectivity index (χ4v) is 3.70. The summed E-state index contributed by atoms with van der Waals surface area (Å²) in [6, 6.07) is 0.252. The number of rotatable bonds is 6. The van der Waals surface area contributed by atoms with Gasteiger partial charge in [0.05, 0.1) is 12.4 Å². The molecule has 0 aromatic rings. The highest BCUT2D eigenvalue weighted by Crippen LogP contribution is 2.33. The van der Waals surface area contributed by atoms with Crippen LogP contribution in [0.2, 0.25) is 0 Å². The lowest BCUT2D eigenvalue weighted by molar-refractivity contribution is -0.139. The van der Waals surface area contributed by atoms with Crippen LogP contribution in [0.5, 0.6) is 0 Å². The second-order valence-electron chi connectivity index (χ2n) is 4.79. The summed E-state index contributed by atoms with van der Waals surface area (Å²) in [6.45, 7) is 4.54. The molecule has 17 heavy (non-hydrogen) atoms. The van der Waals surface area contributed by atoms with Crippen molar-refractivity contribution in [1.29, 1.82) is 0 Å². The van der Waals surface area contributed by atoms with Gasteiger partial charge in [-0.05, 0) is 32.1 Å². The standard InChI is InChI=1S/C13H25NO2S/c1-3-5-10-6-7-11(14)12(8-10)17-9-13(15)16-4-2/h10-12H,3-9,14H2,1-2H3. The van der Waals surface area contributed by atoms with Crippen molar-refractivity contribution in [3.63, 3.8) is 0 Å². The van der Waals surface area contributed by atoms with E-state index in [1.165, 1.54) is 25.7 Å². The molecule has 1 aliphatic carbocycles. The summed E-state index contributed by atoms with van der Waals surface area (Å²) in [6.07, 6.45) is 6.06. The van der Waals surface area contributed by atoms with E-state index in [1.54, 1.807) is 11.8 Å². The topological polar surface area (TPSA) is 52.3 Å². The number of carbonyl (C=O) groups is 1. The Kier molecular flexibility index (Phi) is 6.97. The van der Waals surface area contributed by atoms with Gasteiger partial charge >= 0.3 is 5.97 Å². The molecule has 0 amide bonds. The molecule has 3 nitrogen and oxygen atoms in total. The molecule has 0 spiro atoms. The number of carbonyl (C=O) groups excluding carboxylic acids is 1. The van der Waals surface area contributed by atoms with Gasteiger partial charge in [0.15, 0.2) is 0 Å². The first-order valence-electron chi connectivity index (χ1n) is 6.70. The maximum absolute atomic E-state index is 11.3. The molecule has 0 heterocycles. The molecule has 0 bridgehead atoms. The monoisotopic (exact) mass is 259 g/mol. The van der Waals surface area contributed by atoms with Gasteiger partial charge in [0.1, 0.15) is 0 Å². The van der Waals surface area contributed by atoms with Crippen LogP contribution in [0, 0.1) is 5.92 Å². The van der Waals surface area contributed by atoms with E-state index < -0.39 is 0 Å². The quantitative estimate of drug-likeness (QED) is 0.745. The summed E-state index contributed by atoms with van der Waals surface area (Å²) in [5.74, 6) is 1.15. The summed E-state index contributed by atoms with van der Waals surface area (Å²) in [5, 5.41) is 0.435. The Bertz CT molecular complexity index is 235. The van der Waals surface area contributed by atoms with Crippen molar-refractivity contribution in [2.45, 2.75) is 57.2 Å². The van der Waals surface area contributed by atoms with E-state index in [1.807, 2.05) is 6.92 Å². The van der Waals surface area contributed by atoms with Crippen molar-refractivity contribution in [1.82, 2.24) is 0 Å². The lowest BCUT2D eigenvalue weighted by atomic mass is 9.83. The predicted molar refractivity (Wildman–Crippen MR) is 73.1 cm³/mol. The highest BCUT2D eigenvalue weighted by Gasteiger charge is 2.28. The van der Waals surface area contributed by atoms with Gasteiger partial charge in [-0.3, -0.25) is 4.79 Å². The average molecular weight is 259 g/mol. The Morgan fingerprint density at radius 2 is 2.18 bits per heavy atom. The molecule has 1 fully saturated rings. The third-order valence-electron chi connectivity index (χ3n) is 3.37. The van der Waals surface area contributed by atoms with Gasteiger partial charge in [0, 0.05) is 11.3 Å². The van der Waals surface area contributed by atoms with Crippen LogP contribution in [-0.2, 0) is 9.53 Å². The van der Waals surface area contributed by atoms with Crippen LogP contribution >= 0.6 is 11.8 Å². The lowest BCUT2D eigenvalue weighted by Gasteiger charge is -2.33. The molecule has 0 aromatic carbocycles. The minimum atomic E-state index is -0.109. The van der Waals surface area contributed by atoms with Gasteiger partial charge in [-0.1, -0.05) is 19.8 Å². The predicted octanol–water partition coefficient (Wildman–Crippen LogP) is 2.58. The molecule has 0 aliphatic heterocycles. The van der Waals surface area contributed by atoms with Crippen molar-refractivity contribution in [2.24, 2.45) is 11.7 Å². The zero-order valence-electron chi connectivity index (χ0n) is 11.0. The Morgan fingerprint density at radius 3 is 2.82 bits per heavy atom. The molecule has 0 saturated heterocycles. The minimum Gasteiger partial charge on any atom is -0.465 e. The van der Waals surface area contributed by atoms with Gasteiger partial charge in [0.25, 0.3) is 0 Å². The molecule has 3 atom stereocenters.